The van der Waals surface area contributed by atoms with Gasteiger partial charge in [-0.05, 0) is 53.6 Å². The van der Waals surface area contributed by atoms with Crippen LogP contribution in [-0.2, 0) is 6.42 Å². The van der Waals surface area contributed by atoms with Gasteiger partial charge in [0.1, 0.15) is 0 Å². The number of hydrogen-bond donors (Lipinski definition) is 2. The first-order valence-corrected chi connectivity index (χ1v) is 11.4. The first kappa shape index (κ1) is 24.3. The molecular weight excluding hydrogens is 487 g/mol. The summed E-state index contributed by atoms with van der Waals surface area (Å²) < 4.78 is 11.3. The molecule has 0 unspecified atom stereocenters. The van der Waals surface area contributed by atoms with Crippen molar-refractivity contribution in [3.63, 3.8) is 0 Å². The number of halogens is 2. The molecule has 0 saturated heterocycles. The van der Waals surface area contributed by atoms with Gasteiger partial charge >= 0.3 is 0 Å². The van der Waals surface area contributed by atoms with Crippen LogP contribution in [0.15, 0.2) is 73.1 Å². The predicted molar refractivity (Wildman–Crippen MR) is 138 cm³/mol. The Balaban J connectivity index is 1.42. The summed E-state index contributed by atoms with van der Waals surface area (Å²) in [4.78, 5) is 20.9. The highest BCUT2D eigenvalue weighted by atomic mass is 35.5. The fourth-order valence-corrected chi connectivity index (χ4v) is 3.87. The summed E-state index contributed by atoms with van der Waals surface area (Å²) in [6, 6.07) is 17.7. The third-order valence-electron chi connectivity index (χ3n) is 5.22. The maximum atomic E-state index is 12.9. The van der Waals surface area contributed by atoms with Gasteiger partial charge in [0.2, 0.25) is 5.95 Å². The Bertz CT molecular complexity index is 1330. The van der Waals surface area contributed by atoms with Gasteiger partial charge in [0.05, 0.1) is 13.7 Å². The van der Waals surface area contributed by atoms with Crippen molar-refractivity contribution in [1.29, 1.82) is 0 Å². The van der Waals surface area contributed by atoms with Crippen molar-refractivity contribution in [2.45, 2.75) is 6.42 Å². The zero-order valence-electron chi connectivity index (χ0n) is 18.8. The van der Waals surface area contributed by atoms with E-state index in [0.29, 0.717) is 45.8 Å². The number of nitrogens with zero attached hydrogens (tertiary/aromatic N) is 2. The molecule has 1 heterocycles. The van der Waals surface area contributed by atoms with Gasteiger partial charge in [0.25, 0.3) is 5.91 Å². The molecule has 3 aromatic carbocycles. The third-order valence-corrected chi connectivity index (χ3v) is 5.80. The minimum absolute atomic E-state index is 0.217. The number of benzene rings is 3. The van der Waals surface area contributed by atoms with Crippen LogP contribution < -0.4 is 20.5 Å². The average molecular weight is 509 g/mol. The van der Waals surface area contributed by atoms with Crippen LogP contribution >= 0.6 is 23.2 Å². The SMILES string of the molecule is COc1ccc(C(=O)Nc2ccc(-c3cnc(N)nc3)cc2)cc1OCCc1ccc(Cl)cc1Cl. The number of carbonyl (C=O) groups is 1. The summed E-state index contributed by atoms with van der Waals surface area (Å²) in [5.41, 5.74) is 9.26. The molecule has 0 saturated carbocycles. The lowest BCUT2D eigenvalue weighted by atomic mass is 10.1. The Morgan fingerprint density at radius 2 is 1.69 bits per heavy atom. The molecule has 4 aromatic rings. The monoisotopic (exact) mass is 508 g/mol. The number of amides is 1. The van der Waals surface area contributed by atoms with Gasteiger partial charge < -0.3 is 20.5 Å². The zero-order valence-corrected chi connectivity index (χ0v) is 20.3. The summed E-state index contributed by atoms with van der Waals surface area (Å²) >= 11 is 12.2. The number of anilines is 2. The standard InChI is InChI=1S/C26H22Cl2N4O3/c1-34-23-9-5-18(12-24(23)35-11-10-17-2-6-20(27)13-22(17)28)25(33)32-21-7-3-16(4-8-21)19-14-30-26(29)31-15-19/h2-9,12-15H,10-11H2,1H3,(H,32,33)(H2,29,30,31). The fraction of sp³-hybridized carbons (Fsp3) is 0.115. The van der Waals surface area contributed by atoms with Crippen molar-refractivity contribution in [1.82, 2.24) is 9.97 Å². The van der Waals surface area contributed by atoms with Crippen LogP contribution in [0.5, 0.6) is 11.5 Å². The molecule has 0 fully saturated rings. The molecule has 0 aliphatic carbocycles. The van der Waals surface area contributed by atoms with E-state index in [1.54, 1.807) is 62.0 Å². The quantitative estimate of drug-likeness (QED) is 0.306. The van der Waals surface area contributed by atoms with Crippen molar-refractivity contribution < 1.29 is 14.3 Å². The van der Waals surface area contributed by atoms with Crippen LogP contribution in [0.2, 0.25) is 10.0 Å². The molecule has 0 atom stereocenters. The molecule has 35 heavy (non-hydrogen) atoms. The summed E-state index contributed by atoms with van der Waals surface area (Å²) in [6.45, 7) is 0.346. The summed E-state index contributed by atoms with van der Waals surface area (Å²) in [5.74, 6) is 0.929. The molecule has 0 radical (unpaired) electrons. The van der Waals surface area contributed by atoms with Gasteiger partial charge in [-0.3, -0.25) is 4.79 Å². The number of nitrogen functional groups attached to an aromatic ring is 1. The summed E-state index contributed by atoms with van der Waals surface area (Å²) in [7, 11) is 1.55. The minimum atomic E-state index is -0.276. The average Bonchev–Trinajstić information content (AvgIpc) is 2.86. The van der Waals surface area contributed by atoms with Crippen LogP contribution in [0.1, 0.15) is 15.9 Å². The number of methoxy groups -OCH3 is 1. The number of hydrogen-bond acceptors (Lipinski definition) is 6. The van der Waals surface area contributed by atoms with E-state index in [1.165, 1.54) is 0 Å². The lowest BCUT2D eigenvalue weighted by Crippen LogP contribution is -2.12. The Labute approximate surface area is 212 Å². The molecule has 9 heteroatoms. The molecule has 4 rings (SSSR count). The highest BCUT2D eigenvalue weighted by Gasteiger charge is 2.13. The van der Waals surface area contributed by atoms with Crippen molar-refractivity contribution in [2.75, 3.05) is 24.8 Å². The number of nitrogens with two attached hydrogens (primary N) is 1. The Kier molecular flexibility index (Phi) is 7.70. The van der Waals surface area contributed by atoms with E-state index in [0.717, 1.165) is 16.7 Å². The smallest absolute Gasteiger partial charge is 0.255 e. The molecule has 1 amide bonds. The molecule has 3 N–H and O–H groups in total. The second kappa shape index (κ2) is 11.1. The number of rotatable bonds is 8. The lowest BCUT2D eigenvalue weighted by Gasteiger charge is -2.13. The normalized spacial score (nSPS) is 10.6. The topological polar surface area (TPSA) is 99.4 Å². The number of aromatic nitrogens is 2. The Hall–Kier alpha value is -3.81. The first-order valence-electron chi connectivity index (χ1n) is 10.7. The molecule has 1 aromatic heterocycles. The van der Waals surface area contributed by atoms with Crippen molar-refractivity contribution in [2.24, 2.45) is 0 Å². The summed E-state index contributed by atoms with van der Waals surface area (Å²) in [6.07, 6.45) is 3.87. The zero-order chi connectivity index (χ0) is 24.8. The largest absolute Gasteiger partial charge is 0.493 e. The van der Waals surface area contributed by atoms with Gasteiger partial charge in [-0.2, -0.15) is 0 Å². The maximum absolute atomic E-state index is 12.9. The molecule has 0 bridgehead atoms. The number of ether oxygens (including phenoxy) is 2. The van der Waals surface area contributed by atoms with Gasteiger partial charge in [-0.1, -0.05) is 41.4 Å². The van der Waals surface area contributed by atoms with Crippen LogP contribution in [0.3, 0.4) is 0 Å². The van der Waals surface area contributed by atoms with E-state index in [9.17, 15) is 4.79 Å². The molecule has 178 valence electrons. The van der Waals surface area contributed by atoms with Gasteiger partial charge in [0.15, 0.2) is 11.5 Å². The van der Waals surface area contributed by atoms with Crippen molar-refractivity contribution in [3.05, 3.63) is 94.2 Å². The van der Waals surface area contributed by atoms with E-state index in [4.69, 9.17) is 38.4 Å². The number of carbonyl (C=O) groups excluding carboxylic acids is 1. The second-order valence-corrected chi connectivity index (χ2v) is 8.40. The highest BCUT2D eigenvalue weighted by Crippen LogP contribution is 2.29. The van der Waals surface area contributed by atoms with Gasteiger partial charge in [0, 0.05) is 45.7 Å². The third kappa shape index (κ3) is 6.20. The maximum Gasteiger partial charge on any atom is 0.255 e. The molecule has 0 aliphatic heterocycles. The summed E-state index contributed by atoms with van der Waals surface area (Å²) in [5, 5.41) is 4.05. The Morgan fingerprint density at radius 3 is 2.37 bits per heavy atom. The van der Waals surface area contributed by atoms with E-state index in [2.05, 4.69) is 15.3 Å². The van der Waals surface area contributed by atoms with E-state index >= 15 is 0 Å². The van der Waals surface area contributed by atoms with Gasteiger partial charge in [-0.25, -0.2) is 9.97 Å². The molecule has 0 aliphatic rings. The second-order valence-electron chi connectivity index (χ2n) is 7.56. The minimum Gasteiger partial charge on any atom is -0.493 e. The molecule has 0 spiro atoms. The first-order chi connectivity index (χ1) is 16.9. The highest BCUT2D eigenvalue weighted by molar-refractivity contribution is 6.35. The van der Waals surface area contributed by atoms with E-state index in [1.807, 2.05) is 18.2 Å². The van der Waals surface area contributed by atoms with E-state index in [-0.39, 0.29) is 11.9 Å². The Morgan fingerprint density at radius 1 is 0.943 bits per heavy atom. The predicted octanol–water partition coefficient (Wildman–Crippen LogP) is 5.92. The van der Waals surface area contributed by atoms with Gasteiger partial charge in [-0.15, -0.1) is 0 Å². The van der Waals surface area contributed by atoms with Crippen LogP contribution in [-0.4, -0.2) is 29.6 Å². The van der Waals surface area contributed by atoms with Crippen LogP contribution in [0.4, 0.5) is 11.6 Å². The van der Waals surface area contributed by atoms with Crippen molar-refractivity contribution >= 4 is 40.7 Å². The fourth-order valence-electron chi connectivity index (χ4n) is 3.36. The van der Waals surface area contributed by atoms with Crippen LogP contribution in [0.25, 0.3) is 11.1 Å². The van der Waals surface area contributed by atoms with Crippen molar-refractivity contribution in [3.8, 4) is 22.6 Å². The van der Waals surface area contributed by atoms with E-state index < -0.39 is 0 Å². The van der Waals surface area contributed by atoms with Crippen LogP contribution in [0, 0.1) is 0 Å². The molecule has 7 nitrogen and oxygen atoms in total. The molecular formula is C26H22Cl2N4O3. The number of nitrogens with one attached hydrogen (secondary N) is 1. The lowest BCUT2D eigenvalue weighted by molar-refractivity contribution is 0.102.